The van der Waals surface area contributed by atoms with Gasteiger partial charge in [0.15, 0.2) is 5.13 Å². The Morgan fingerprint density at radius 1 is 0.889 bits per heavy atom. The van der Waals surface area contributed by atoms with Crippen LogP contribution in [-0.2, 0) is 14.8 Å². The van der Waals surface area contributed by atoms with E-state index in [1.165, 1.54) is 15.6 Å². The van der Waals surface area contributed by atoms with Crippen molar-refractivity contribution in [1.82, 2.24) is 9.29 Å². The van der Waals surface area contributed by atoms with Gasteiger partial charge in [0.2, 0.25) is 15.9 Å². The maximum Gasteiger partial charge on any atom is 0.243 e. The summed E-state index contributed by atoms with van der Waals surface area (Å²) in [5.41, 5.74) is 3.88. The van der Waals surface area contributed by atoms with Crippen LogP contribution in [0.3, 0.4) is 0 Å². The van der Waals surface area contributed by atoms with Crippen molar-refractivity contribution in [2.75, 3.05) is 18.4 Å². The van der Waals surface area contributed by atoms with Crippen LogP contribution in [0.5, 0.6) is 0 Å². The quantitative estimate of drug-likeness (QED) is 0.349. The largest absolute Gasteiger partial charge is 0.302 e. The molecular formula is C28H27N3O3S2. The zero-order chi connectivity index (χ0) is 25.1. The van der Waals surface area contributed by atoms with Crippen LogP contribution in [0.2, 0.25) is 0 Å². The van der Waals surface area contributed by atoms with Gasteiger partial charge in [-0.25, -0.2) is 13.4 Å². The van der Waals surface area contributed by atoms with E-state index in [0.29, 0.717) is 36.0 Å². The van der Waals surface area contributed by atoms with E-state index in [9.17, 15) is 13.2 Å². The number of aryl methyl sites for hydroxylation is 1. The number of sulfonamides is 1. The third-order valence-corrected chi connectivity index (χ3v) is 9.36. The third-order valence-electron chi connectivity index (χ3n) is 6.42. The van der Waals surface area contributed by atoms with Gasteiger partial charge in [0.25, 0.3) is 0 Å². The highest BCUT2D eigenvalue weighted by atomic mass is 32.2. The predicted octanol–water partition coefficient (Wildman–Crippen LogP) is 5.82. The number of hydrogen-bond donors (Lipinski definition) is 1. The summed E-state index contributed by atoms with van der Waals surface area (Å²) in [5, 5.41) is 3.55. The average molecular weight is 518 g/mol. The summed E-state index contributed by atoms with van der Waals surface area (Å²) in [5.74, 6) is -0.380. The second-order valence-corrected chi connectivity index (χ2v) is 11.8. The number of thiazole rings is 1. The number of nitrogens with one attached hydrogen (secondary N) is 1. The first-order chi connectivity index (χ1) is 17.4. The number of anilines is 1. The van der Waals surface area contributed by atoms with E-state index in [2.05, 4.69) is 5.32 Å². The van der Waals surface area contributed by atoms with E-state index in [1.807, 2.05) is 67.6 Å². The summed E-state index contributed by atoms with van der Waals surface area (Å²) in [6.45, 7) is 2.56. The van der Waals surface area contributed by atoms with E-state index in [-0.39, 0.29) is 11.8 Å². The van der Waals surface area contributed by atoms with Gasteiger partial charge in [0.1, 0.15) is 0 Å². The summed E-state index contributed by atoms with van der Waals surface area (Å²) in [4.78, 5) is 19.2. The van der Waals surface area contributed by atoms with E-state index in [0.717, 1.165) is 27.3 Å². The Labute approximate surface area is 215 Å². The van der Waals surface area contributed by atoms with E-state index >= 15 is 0 Å². The second-order valence-electron chi connectivity index (χ2n) is 8.91. The number of benzene rings is 3. The Bertz CT molecular complexity index is 1390. The van der Waals surface area contributed by atoms with Crippen molar-refractivity contribution in [1.29, 1.82) is 0 Å². The molecule has 0 spiro atoms. The lowest BCUT2D eigenvalue weighted by Crippen LogP contribution is -2.41. The molecule has 1 saturated heterocycles. The lowest BCUT2D eigenvalue weighted by atomic mass is 9.97. The molecule has 5 rings (SSSR count). The van der Waals surface area contributed by atoms with Crippen molar-refractivity contribution in [2.24, 2.45) is 5.92 Å². The van der Waals surface area contributed by atoms with Crippen LogP contribution < -0.4 is 5.32 Å². The number of carbonyl (C=O) groups excluding carboxylic acids is 1. The lowest BCUT2D eigenvalue weighted by Gasteiger charge is -2.30. The monoisotopic (exact) mass is 517 g/mol. The fraction of sp³-hybridized carbons (Fsp3) is 0.214. The fourth-order valence-corrected chi connectivity index (χ4v) is 6.84. The molecule has 184 valence electrons. The molecule has 0 bridgehead atoms. The lowest BCUT2D eigenvalue weighted by molar-refractivity contribution is -0.120. The van der Waals surface area contributed by atoms with Crippen LogP contribution in [-0.4, -0.2) is 36.7 Å². The minimum absolute atomic E-state index is 0.115. The van der Waals surface area contributed by atoms with Gasteiger partial charge in [0, 0.05) is 24.6 Å². The zero-order valence-corrected chi connectivity index (χ0v) is 21.6. The normalized spacial score (nSPS) is 15.0. The second kappa shape index (κ2) is 10.3. The Balaban J connectivity index is 1.30. The molecule has 8 heteroatoms. The van der Waals surface area contributed by atoms with Crippen LogP contribution >= 0.6 is 11.3 Å². The molecule has 0 aliphatic carbocycles. The summed E-state index contributed by atoms with van der Waals surface area (Å²) in [7, 11) is -3.56. The first kappa shape index (κ1) is 24.4. The molecule has 0 unspecified atom stereocenters. The summed E-state index contributed by atoms with van der Waals surface area (Å²) in [6, 6.07) is 26.8. The van der Waals surface area contributed by atoms with E-state index in [1.54, 1.807) is 24.3 Å². The molecule has 3 aromatic carbocycles. The smallest absolute Gasteiger partial charge is 0.243 e. The van der Waals surface area contributed by atoms with Crippen LogP contribution in [0.25, 0.3) is 21.7 Å². The van der Waals surface area contributed by atoms with Crippen molar-refractivity contribution in [3.63, 3.8) is 0 Å². The van der Waals surface area contributed by atoms with Crippen molar-refractivity contribution in [2.45, 2.75) is 24.7 Å². The molecule has 1 aliphatic heterocycles. The number of rotatable bonds is 6. The first-order valence-corrected chi connectivity index (χ1v) is 14.2. The molecule has 1 amide bonds. The number of carbonyl (C=O) groups is 1. The summed E-state index contributed by atoms with van der Waals surface area (Å²) < 4.78 is 27.5. The first-order valence-electron chi connectivity index (χ1n) is 11.9. The number of nitrogens with zero attached hydrogens (tertiary/aromatic N) is 2. The molecule has 4 aromatic rings. The molecule has 1 aliphatic rings. The third kappa shape index (κ3) is 5.11. The van der Waals surface area contributed by atoms with Gasteiger partial charge >= 0.3 is 0 Å². The molecule has 2 heterocycles. The Hall–Kier alpha value is -3.33. The fourth-order valence-electron chi connectivity index (χ4n) is 4.38. The predicted molar refractivity (Wildman–Crippen MR) is 144 cm³/mol. The maximum atomic E-state index is 13.1. The molecular weight excluding hydrogens is 490 g/mol. The van der Waals surface area contributed by atoms with E-state index < -0.39 is 10.0 Å². The number of hydrogen-bond acceptors (Lipinski definition) is 5. The van der Waals surface area contributed by atoms with Crippen LogP contribution in [0.4, 0.5) is 5.13 Å². The number of aromatic nitrogens is 1. The van der Waals surface area contributed by atoms with Gasteiger partial charge in [-0.1, -0.05) is 89.7 Å². The summed E-state index contributed by atoms with van der Waals surface area (Å²) >= 11 is 1.45. The molecule has 6 nitrogen and oxygen atoms in total. The standard InChI is InChI=1S/C28H27N3O3S2/c1-20-12-14-24(15-13-20)36(33,34)31-18-16-23(17-19-31)27(32)30-28-29-25(21-8-4-2-5-9-21)26(35-28)22-10-6-3-7-11-22/h2-15,23H,16-19H2,1H3,(H,29,30,32). The minimum Gasteiger partial charge on any atom is -0.302 e. The SMILES string of the molecule is Cc1ccc(S(=O)(=O)N2CCC(C(=O)Nc3nc(-c4ccccc4)c(-c4ccccc4)s3)CC2)cc1. The van der Waals surface area contributed by atoms with Crippen molar-refractivity contribution >= 4 is 32.4 Å². The van der Waals surface area contributed by atoms with Gasteiger partial charge in [-0.3, -0.25) is 4.79 Å². The Morgan fingerprint density at radius 2 is 1.47 bits per heavy atom. The van der Waals surface area contributed by atoms with Gasteiger partial charge < -0.3 is 5.32 Å². The highest BCUT2D eigenvalue weighted by molar-refractivity contribution is 7.89. The van der Waals surface area contributed by atoms with Gasteiger partial charge in [-0.2, -0.15) is 4.31 Å². The van der Waals surface area contributed by atoms with Crippen LogP contribution in [0.15, 0.2) is 89.8 Å². The van der Waals surface area contributed by atoms with Gasteiger partial charge in [-0.05, 0) is 37.5 Å². The summed E-state index contributed by atoms with van der Waals surface area (Å²) in [6.07, 6.45) is 0.943. The Kier molecular flexibility index (Phi) is 7.00. The van der Waals surface area contributed by atoms with Crippen LogP contribution in [0, 0.1) is 12.8 Å². The molecule has 0 radical (unpaired) electrons. The Morgan fingerprint density at radius 3 is 2.08 bits per heavy atom. The highest BCUT2D eigenvalue weighted by Gasteiger charge is 2.32. The number of amides is 1. The van der Waals surface area contributed by atoms with E-state index in [4.69, 9.17) is 4.98 Å². The zero-order valence-electron chi connectivity index (χ0n) is 19.9. The molecule has 36 heavy (non-hydrogen) atoms. The van der Waals surface area contributed by atoms with Crippen molar-refractivity contribution < 1.29 is 13.2 Å². The van der Waals surface area contributed by atoms with Crippen LogP contribution in [0.1, 0.15) is 18.4 Å². The molecule has 1 aromatic heterocycles. The molecule has 1 fully saturated rings. The van der Waals surface area contributed by atoms with Crippen molar-refractivity contribution in [3.05, 3.63) is 90.5 Å². The average Bonchev–Trinajstić information content (AvgIpc) is 3.34. The number of piperidine rings is 1. The molecule has 1 N–H and O–H groups in total. The van der Waals surface area contributed by atoms with Gasteiger partial charge in [0.05, 0.1) is 15.5 Å². The maximum absolute atomic E-state index is 13.1. The minimum atomic E-state index is -3.56. The highest BCUT2D eigenvalue weighted by Crippen LogP contribution is 2.39. The van der Waals surface area contributed by atoms with Crippen molar-refractivity contribution in [3.8, 4) is 21.7 Å². The topological polar surface area (TPSA) is 79.4 Å². The molecule has 0 saturated carbocycles. The van der Waals surface area contributed by atoms with Gasteiger partial charge in [-0.15, -0.1) is 0 Å². The molecule has 0 atom stereocenters.